The molecule has 0 aliphatic carbocycles. The molecule has 1 aliphatic rings. The van der Waals surface area contributed by atoms with E-state index in [2.05, 4.69) is 5.32 Å². The van der Waals surface area contributed by atoms with Crippen LogP contribution in [0.3, 0.4) is 0 Å². The van der Waals surface area contributed by atoms with Crippen LogP contribution < -0.4 is 19.1 Å². The molecule has 1 amide bonds. The number of rotatable bonds is 6. The Bertz CT molecular complexity index is 941. The lowest BCUT2D eigenvalue weighted by Crippen LogP contribution is -2.50. The van der Waals surface area contributed by atoms with Crippen LogP contribution in [0.15, 0.2) is 48.5 Å². The maximum atomic E-state index is 12.6. The Morgan fingerprint density at radius 2 is 1.89 bits per heavy atom. The molecule has 0 unspecified atom stereocenters. The molecule has 1 aliphatic heterocycles. The van der Waals surface area contributed by atoms with Crippen LogP contribution in [0.5, 0.6) is 11.5 Å². The second-order valence-electron chi connectivity index (χ2n) is 6.90. The number of nitrogens with zero attached hydrogens (tertiary/aromatic N) is 1. The molecular weight excluding hydrogens is 380 g/mol. The highest BCUT2D eigenvalue weighted by Crippen LogP contribution is 2.34. The molecule has 0 aromatic heterocycles. The summed E-state index contributed by atoms with van der Waals surface area (Å²) >= 11 is 0. The van der Waals surface area contributed by atoms with Crippen molar-refractivity contribution in [3.8, 4) is 11.5 Å². The predicted molar refractivity (Wildman–Crippen MR) is 107 cm³/mol. The van der Waals surface area contributed by atoms with E-state index in [1.807, 2.05) is 38.1 Å². The van der Waals surface area contributed by atoms with Crippen LogP contribution in [0.25, 0.3) is 0 Å². The average Bonchev–Trinajstić information content (AvgIpc) is 2.65. The number of para-hydroxylation sites is 2. The van der Waals surface area contributed by atoms with Gasteiger partial charge in [-0.2, -0.15) is 0 Å². The Labute approximate surface area is 165 Å². The highest BCUT2D eigenvalue weighted by Gasteiger charge is 2.34. The summed E-state index contributed by atoms with van der Waals surface area (Å²) in [6.07, 6.45) is 0.285. The van der Waals surface area contributed by atoms with Crippen molar-refractivity contribution in [2.24, 2.45) is 0 Å². The number of hydrogen-bond acceptors (Lipinski definition) is 5. The number of fused-ring (bicyclic) bond motifs is 1. The Morgan fingerprint density at radius 3 is 2.54 bits per heavy atom. The standard InChI is InChI=1S/C20H24N2O5S/c1-14(2)26-16-10-8-15(9-11-16)12-21-20(23)19-13-22(28(3,24)25)17-6-4-5-7-18(17)27-19/h4-11,14,19H,12-13H2,1-3H3,(H,21,23)/t19-/m1/s1. The van der Waals surface area contributed by atoms with E-state index in [0.29, 0.717) is 18.0 Å². The summed E-state index contributed by atoms with van der Waals surface area (Å²) in [5.74, 6) is 0.765. The molecular formula is C20H24N2O5S. The Hall–Kier alpha value is -2.74. The van der Waals surface area contributed by atoms with E-state index in [-0.39, 0.29) is 18.6 Å². The number of benzene rings is 2. The van der Waals surface area contributed by atoms with E-state index in [1.54, 1.807) is 24.3 Å². The molecule has 1 atom stereocenters. The van der Waals surface area contributed by atoms with Crippen LogP contribution >= 0.6 is 0 Å². The molecule has 7 nitrogen and oxygen atoms in total. The van der Waals surface area contributed by atoms with E-state index in [1.165, 1.54) is 4.31 Å². The highest BCUT2D eigenvalue weighted by atomic mass is 32.2. The SMILES string of the molecule is CC(C)Oc1ccc(CNC(=O)[C@H]2CN(S(C)(=O)=O)c3ccccc3O2)cc1. The van der Waals surface area contributed by atoms with Crippen LogP contribution in [0.4, 0.5) is 5.69 Å². The lowest BCUT2D eigenvalue weighted by Gasteiger charge is -2.33. The van der Waals surface area contributed by atoms with Crippen LogP contribution in [0.1, 0.15) is 19.4 Å². The summed E-state index contributed by atoms with van der Waals surface area (Å²) in [6.45, 7) is 4.15. The third-order valence-corrected chi connectivity index (χ3v) is 5.34. The first-order valence-electron chi connectivity index (χ1n) is 9.01. The van der Waals surface area contributed by atoms with E-state index in [0.717, 1.165) is 17.6 Å². The summed E-state index contributed by atoms with van der Waals surface area (Å²) in [4.78, 5) is 12.6. The summed E-state index contributed by atoms with van der Waals surface area (Å²) < 4.78 is 36.8. The maximum absolute atomic E-state index is 12.6. The molecule has 2 aromatic rings. The van der Waals surface area contributed by atoms with Gasteiger partial charge in [-0.1, -0.05) is 24.3 Å². The minimum atomic E-state index is -3.53. The van der Waals surface area contributed by atoms with Crippen molar-refractivity contribution in [1.29, 1.82) is 0 Å². The number of anilines is 1. The molecule has 0 fully saturated rings. The minimum absolute atomic E-state index is 0.0666. The van der Waals surface area contributed by atoms with Gasteiger partial charge in [0.2, 0.25) is 10.0 Å². The average molecular weight is 404 g/mol. The number of ether oxygens (including phenoxy) is 2. The quantitative estimate of drug-likeness (QED) is 0.799. The third-order valence-electron chi connectivity index (χ3n) is 4.19. The van der Waals surface area contributed by atoms with E-state index in [4.69, 9.17) is 9.47 Å². The largest absolute Gasteiger partial charge is 0.491 e. The first-order valence-corrected chi connectivity index (χ1v) is 10.9. The number of nitrogens with one attached hydrogen (secondary N) is 1. The van der Waals surface area contributed by atoms with Crippen molar-refractivity contribution in [3.63, 3.8) is 0 Å². The van der Waals surface area contributed by atoms with Gasteiger partial charge in [-0.05, 0) is 43.7 Å². The number of sulfonamides is 1. The molecule has 150 valence electrons. The highest BCUT2D eigenvalue weighted by molar-refractivity contribution is 7.92. The van der Waals surface area contributed by atoms with Crippen molar-refractivity contribution in [2.75, 3.05) is 17.1 Å². The molecule has 1 N–H and O–H groups in total. The zero-order valence-electron chi connectivity index (χ0n) is 16.1. The molecule has 0 bridgehead atoms. The van der Waals surface area contributed by atoms with Gasteiger partial charge in [0.05, 0.1) is 24.6 Å². The van der Waals surface area contributed by atoms with E-state index in [9.17, 15) is 13.2 Å². The molecule has 0 saturated heterocycles. The Kier molecular flexibility index (Phi) is 5.79. The lowest BCUT2D eigenvalue weighted by atomic mass is 10.2. The van der Waals surface area contributed by atoms with Crippen LogP contribution in [0.2, 0.25) is 0 Å². The normalized spacial score (nSPS) is 16.3. The zero-order chi connectivity index (χ0) is 20.3. The molecule has 28 heavy (non-hydrogen) atoms. The van der Waals surface area contributed by atoms with Gasteiger partial charge in [0.15, 0.2) is 6.10 Å². The molecule has 0 saturated carbocycles. The van der Waals surface area contributed by atoms with Crippen LogP contribution in [0, 0.1) is 0 Å². The topological polar surface area (TPSA) is 84.9 Å². The van der Waals surface area contributed by atoms with Crippen molar-refractivity contribution >= 4 is 21.6 Å². The molecule has 0 radical (unpaired) electrons. The second kappa shape index (κ2) is 8.10. The van der Waals surface area contributed by atoms with E-state index < -0.39 is 16.1 Å². The summed E-state index contributed by atoms with van der Waals surface area (Å²) in [7, 11) is -3.53. The first kappa shape index (κ1) is 20.0. The maximum Gasteiger partial charge on any atom is 0.263 e. The van der Waals surface area contributed by atoms with Gasteiger partial charge in [0.25, 0.3) is 5.91 Å². The van der Waals surface area contributed by atoms with Crippen molar-refractivity contribution in [3.05, 3.63) is 54.1 Å². The Balaban J connectivity index is 1.66. The number of carbonyl (C=O) groups excluding carboxylic acids is 1. The monoisotopic (exact) mass is 404 g/mol. The van der Waals surface area contributed by atoms with E-state index >= 15 is 0 Å². The van der Waals surface area contributed by atoms with Crippen molar-refractivity contribution < 1.29 is 22.7 Å². The molecule has 2 aromatic carbocycles. The number of amides is 1. The Morgan fingerprint density at radius 1 is 1.21 bits per heavy atom. The fraction of sp³-hybridized carbons (Fsp3) is 0.350. The van der Waals surface area contributed by atoms with Crippen molar-refractivity contribution in [2.45, 2.75) is 32.6 Å². The first-order chi connectivity index (χ1) is 13.2. The number of hydrogen-bond donors (Lipinski definition) is 1. The molecule has 0 spiro atoms. The summed E-state index contributed by atoms with van der Waals surface area (Å²) in [5.41, 5.74) is 1.34. The fourth-order valence-corrected chi connectivity index (χ4v) is 3.83. The van der Waals surface area contributed by atoms with Gasteiger partial charge < -0.3 is 14.8 Å². The smallest absolute Gasteiger partial charge is 0.263 e. The van der Waals surface area contributed by atoms with Crippen LogP contribution in [-0.4, -0.2) is 39.3 Å². The van der Waals surface area contributed by atoms with Gasteiger partial charge in [0.1, 0.15) is 11.5 Å². The van der Waals surface area contributed by atoms with Crippen LogP contribution in [-0.2, 0) is 21.4 Å². The van der Waals surface area contributed by atoms with Gasteiger partial charge in [-0.25, -0.2) is 8.42 Å². The summed E-state index contributed by atoms with van der Waals surface area (Å²) in [6, 6.07) is 14.2. The number of carbonyl (C=O) groups is 1. The fourth-order valence-electron chi connectivity index (χ4n) is 2.91. The predicted octanol–water partition coefficient (Wildman–Crippen LogP) is 2.32. The summed E-state index contributed by atoms with van der Waals surface area (Å²) in [5, 5.41) is 2.81. The van der Waals surface area contributed by atoms with Crippen molar-refractivity contribution in [1.82, 2.24) is 5.32 Å². The van der Waals surface area contributed by atoms with Gasteiger partial charge in [-0.15, -0.1) is 0 Å². The molecule has 3 rings (SSSR count). The third kappa shape index (κ3) is 4.75. The zero-order valence-corrected chi connectivity index (χ0v) is 16.9. The minimum Gasteiger partial charge on any atom is -0.491 e. The molecule has 1 heterocycles. The lowest BCUT2D eigenvalue weighted by molar-refractivity contribution is -0.127. The van der Waals surface area contributed by atoms with Gasteiger partial charge >= 0.3 is 0 Å². The van der Waals surface area contributed by atoms with Gasteiger partial charge in [-0.3, -0.25) is 9.10 Å². The molecule has 8 heteroatoms. The van der Waals surface area contributed by atoms with Gasteiger partial charge in [0, 0.05) is 6.54 Å². The second-order valence-corrected chi connectivity index (χ2v) is 8.80.